The van der Waals surface area contributed by atoms with Crippen molar-refractivity contribution < 1.29 is 23.6 Å². The van der Waals surface area contributed by atoms with Crippen LogP contribution < -0.4 is 9.64 Å². The maximum Gasteiger partial charge on any atom is 0.278 e. The average Bonchev–Trinajstić information content (AvgIpc) is 3.22. The van der Waals surface area contributed by atoms with Crippen molar-refractivity contribution in [2.75, 3.05) is 11.5 Å². The molecule has 27 heavy (non-hydrogen) atoms. The number of carbonyl (C=O) groups excluding carboxylic acids is 2. The van der Waals surface area contributed by atoms with Crippen molar-refractivity contribution in [2.45, 2.75) is 6.10 Å². The maximum absolute atomic E-state index is 13.1. The van der Waals surface area contributed by atoms with E-state index < -0.39 is 29.7 Å². The van der Waals surface area contributed by atoms with Crippen molar-refractivity contribution in [3.8, 4) is 5.75 Å². The van der Waals surface area contributed by atoms with E-state index in [9.17, 15) is 14.0 Å². The number of carbonyl (C=O) groups is 2. The van der Waals surface area contributed by atoms with Gasteiger partial charge in [0, 0.05) is 5.56 Å². The van der Waals surface area contributed by atoms with Gasteiger partial charge in [-0.1, -0.05) is 17.8 Å². The number of hydrogen-bond donors (Lipinski definition) is 0. The predicted molar refractivity (Wildman–Crippen MR) is 95.9 cm³/mol. The number of hydrogen-bond acceptors (Lipinski definition) is 5. The van der Waals surface area contributed by atoms with Gasteiger partial charge in [0.25, 0.3) is 5.91 Å². The second-order valence-corrected chi connectivity index (χ2v) is 6.09. The van der Waals surface area contributed by atoms with Crippen molar-refractivity contribution in [3.05, 3.63) is 72.6 Å². The Morgan fingerprint density at radius 3 is 2.48 bits per heavy atom. The average molecular weight is 366 g/mol. The molecule has 0 bridgehead atoms. The number of imide groups is 1. The monoisotopic (exact) mass is 366 g/mol. The van der Waals surface area contributed by atoms with Crippen LogP contribution in [0, 0.1) is 11.7 Å². The molecule has 1 saturated heterocycles. The summed E-state index contributed by atoms with van der Waals surface area (Å²) in [6.07, 6.45) is 0.634. The van der Waals surface area contributed by atoms with E-state index in [-0.39, 0.29) is 0 Å². The van der Waals surface area contributed by atoms with Gasteiger partial charge in [-0.2, -0.15) is 0 Å². The molecule has 2 heterocycles. The van der Waals surface area contributed by atoms with Gasteiger partial charge >= 0.3 is 0 Å². The zero-order valence-electron chi connectivity index (χ0n) is 14.2. The minimum Gasteiger partial charge on any atom is -0.490 e. The fraction of sp³-hybridized carbons (Fsp3) is 0.150. The molecule has 0 aromatic heterocycles. The second kappa shape index (κ2) is 6.68. The van der Waals surface area contributed by atoms with Gasteiger partial charge < -0.3 is 9.57 Å². The van der Waals surface area contributed by atoms with Crippen LogP contribution in [0.3, 0.4) is 0 Å². The number of ether oxygens (including phenoxy) is 1. The van der Waals surface area contributed by atoms with Crippen LogP contribution in [0.2, 0.25) is 0 Å². The Kier molecular flexibility index (Phi) is 4.19. The highest BCUT2D eigenvalue weighted by molar-refractivity contribution is 6.32. The summed E-state index contributed by atoms with van der Waals surface area (Å²) in [5, 5.41) is 3.96. The van der Waals surface area contributed by atoms with Gasteiger partial charge in [-0.05, 0) is 48.5 Å². The Bertz CT molecular complexity index is 937. The van der Waals surface area contributed by atoms with Crippen LogP contribution in [-0.2, 0) is 14.4 Å². The van der Waals surface area contributed by atoms with Crippen molar-refractivity contribution >= 4 is 23.2 Å². The fourth-order valence-corrected chi connectivity index (χ4v) is 3.14. The molecular formula is C20H15FN2O4. The standard InChI is InChI=1S/C20H15FN2O4/c1-2-11-26-15-9-3-12(4-10-15)17-16-18(27-22-17)20(25)23(19(16)24)14-7-5-13(21)6-8-14/h2-10,16,18H,1,11H2/t16-,18+/m1/s1. The third-order valence-electron chi connectivity index (χ3n) is 4.41. The van der Waals surface area contributed by atoms with Crippen LogP contribution in [-0.4, -0.2) is 30.2 Å². The summed E-state index contributed by atoms with van der Waals surface area (Å²) in [7, 11) is 0. The molecule has 2 aliphatic rings. The van der Waals surface area contributed by atoms with Crippen LogP contribution >= 0.6 is 0 Å². The van der Waals surface area contributed by atoms with Crippen LogP contribution in [0.5, 0.6) is 5.75 Å². The number of fused-ring (bicyclic) bond motifs is 1. The first-order chi connectivity index (χ1) is 13.1. The van der Waals surface area contributed by atoms with Gasteiger partial charge in [0.2, 0.25) is 12.0 Å². The molecule has 0 aliphatic carbocycles. The first-order valence-electron chi connectivity index (χ1n) is 8.31. The van der Waals surface area contributed by atoms with Crippen molar-refractivity contribution in [1.29, 1.82) is 0 Å². The molecular weight excluding hydrogens is 351 g/mol. The van der Waals surface area contributed by atoms with Gasteiger partial charge in [0.15, 0.2) is 0 Å². The highest BCUT2D eigenvalue weighted by Gasteiger charge is 2.56. The molecule has 0 N–H and O–H groups in total. The summed E-state index contributed by atoms with van der Waals surface area (Å²) in [6, 6.07) is 12.1. The van der Waals surface area contributed by atoms with Crippen LogP contribution in [0.15, 0.2) is 66.3 Å². The lowest BCUT2D eigenvalue weighted by Crippen LogP contribution is -2.33. The minimum atomic E-state index is -1.01. The van der Waals surface area contributed by atoms with Crippen molar-refractivity contribution in [1.82, 2.24) is 0 Å². The van der Waals surface area contributed by atoms with Crippen molar-refractivity contribution in [3.63, 3.8) is 0 Å². The summed E-state index contributed by atoms with van der Waals surface area (Å²) in [5.74, 6) is -1.59. The number of oxime groups is 1. The number of halogens is 1. The zero-order chi connectivity index (χ0) is 19.0. The first-order valence-corrected chi connectivity index (χ1v) is 8.31. The van der Waals surface area contributed by atoms with Gasteiger partial charge in [-0.25, -0.2) is 9.29 Å². The lowest BCUT2D eigenvalue weighted by Gasteiger charge is -2.15. The molecule has 2 aromatic rings. The first kappa shape index (κ1) is 17.0. The number of anilines is 1. The highest BCUT2D eigenvalue weighted by Crippen LogP contribution is 2.35. The number of rotatable bonds is 5. The van der Waals surface area contributed by atoms with Crippen LogP contribution in [0.1, 0.15) is 5.56 Å². The third kappa shape index (κ3) is 2.87. The lowest BCUT2D eigenvalue weighted by molar-refractivity contribution is -0.126. The normalized spacial score (nSPS) is 20.9. The highest BCUT2D eigenvalue weighted by atomic mass is 19.1. The Labute approximate surface area is 154 Å². The smallest absolute Gasteiger partial charge is 0.278 e. The maximum atomic E-state index is 13.1. The third-order valence-corrected chi connectivity index (χ3v) is 4.41. The Balaban J connectivity index is 1.60. The Morgan fingerprint density at radius 1 is 1.11 bits per heavy atom. The molecule has 2 atom stereocenters. The van der Waals surface area contributed by atoms with E-state index in [1.165, 1.54) is 24.3 Å². The van der Waals surface area contributed by atoms with E-state index >= 15 is 0 Å². The molecule has 1 fully saturated rings. The topological polar surface area (TPSA) is 68.2 Å². The lowest BCUT2D eigenvalue weighted by atomic mass is 9.94. The number of benzene rings is 2. The Morgan fingerprint density at radius 2 is 1.81 bits per heavy atom. The SMILES string of the molecule is C=CCOc1ccc(C2=NO[C@@H]3C(=O)N(c4ccc(F)cc4)C(=O)[C@H]23)cc1. The zero-order valence-corrected chi connectivity index (χ0v) is 14.2. The predicted octanol–water partition coefficient (Wildman–Crippen LogP) is 2.68. The summed E-state index contributed by atoms with van der Waals surface area (Å²) in [6.45, 7) is 3.97. The molecule has 2 aliphatic heterocycles. The molecule has 0 unspecified atom stereocenters. The van der Waals surface area contributed by atoms with E-state index in [2.05, 4.69) is 11.7 Å². The molecule has 2 amide bonds. The van der Waals surface area contributed by atoms with E-state index in [0.29, 0.717) is 29.3 Å². The largest absolute Gasteiger partial charge is 0.490 e. The van der Waals surface area contributed by atoms with Gasteiger partial charge in [-0.15, -0.1) is 0 Å². The molecule has 2 aromatic carbocycles. The Hall–Kier alpha value is -3.48. The van der Waals surface area contributed by atoms with E-state index in [1.54, 1.807) is 30.3 Å². The van der Waals surface area contributed by atoms with Crippen LogP contribution in [0.4, 0.5) is 10.1 Å². The van der Waals surface area contributed by atoms with Crippen LogP contribution in [0.25, 0.3) is 0 Å². The number of nitrogens with zero attached hydrogens (tertiary/aromatic N) is 2. The van der Waals surface area contributed by atoms with E-state index in [4.69, 9.17) is 9.57 Å². The molecule has 0 radical (unpaired) electrons. The molecule has 0 spiro atoms. The van der Waals surface area contributed by atoms with Crippen molar-refractivity contribution in [2.24, 2.45) is 11.1 Å². The van der Waals surface area contributed by atoms with E-state index in [0.717, 1.165) is 4.90 Å². The molecule has 6 nitrogen and oxygen atoms in total. The molecule has 7 heteroatoms. The minimum absolute atomic E-state index is 0.303. The molecule has 136 valence electrons. The molecule has 0 saturated carbocycles. The number of amides is 2. The summed E-state index contributed by atoms with van der Waals surface area (Å²) in [4.78, 5) is 31.8. The summed E-state index contributed by atoms with van der Waals surface area (Å²) < 4.78 is 18.6. The second-order valence-electron chi connectivity index (χ2n) is 6.09. The van der Waals surface area contributed by atoms with E-state index in [1.807, 2.05) is 0 Å². The van der Waals surface area contributed by atoms with Gasteiger partial charge in [-0.3, -0.25) is 9.59 Å². The summed E-state index contributed by atoms with van der Waals surface area (Å²) in [5.41, 5.74) is 1.35. The molecule has 4 rings (SSSR count). The summed E-state index contributed by atoms with van der Waals surface area (Å²) >= 11 is 0. The van der Waals surface area contributed by atoms with Gasteiger partial charge in [0.05, 0.1) is 5.69 Å². The quantitative estimate of drug-likeness (QED) is 0.603. The fourth-order valence-electron chi connectivity index (χ4n) is 3.14. The van der Waals surface area contributed by atoms with Gasteiger partial charge in [0.1, 0.15) is 29.8 Å².